The summed E-state index contributed by atoms with van der Waals surface area (Å²) >= 11 is 3.38. The largest absolute Gasteiger partial charge is 0.492 e. The van der Waals surface area contributed by atoms with Crippen LogP contribution >= 0.6 is 15.9 Å². The molecule has 0 heterocycles. The molecule has 0 fully saturated rings. The second kappa shape index (κ2) is 9.77. The zero-order valence-corrected chi connectivity index (χ0v) is 18.7. The van der Waals surface area contributed by atoms with Crippen molar-refractivity contribution in [2.24, 2.45) is 0 Å². The summed E-state index contributed by atoms with van der Waals surface area (Å²) in [5.74, 6) is -0.0964. The van der Waals surface area contributed by atoms with Gasteiger partial charge >= 0.3 is 0 Å². The van der Waals surface area contributed by atoms with Gasteiger partial charge in [0.1, 0.15) is 12.3 Å². The molecule has 0 bridgehead atoms. The fourth-order valence-electron chi connectivity index (χ4n) is 2.84. The predicted octanol–water partition coefficient (Wildman–Crippen LogP) is 4.68. The molecule has 0 aliphatic heterocycles. The molecule has 8 heteroatoms. The van der Waals surface area contributed by atoms with Crippen LogP contribution in [0.3, 0.4) is 0 Å². The second-order valence-corrected chi connectivity index (χ2v) is 8.97. The van der Waals surface area contributed by atoms with Crippen molar-refractivity contribution in [3.63, 3.8) is 0 Å². The van der Waals surface area contributed by atoms with Gasteiger partial charge in [0.05, 0.1) is 22.9 Å². The normalized spacial score (nSPS) is 11.0. The number of ether oxygens (including phenoxy) is 1. The maximum absolute atomic E-state index is 13.4. The van der Waals surface area contributed by atoms with Gasteiger partial charge in [-0.3, -0.25) is 9.10 Å². The van der Waals surface area contributed by atoms with Crippen LogP contribution in [0.25, 0.3) is 0 Å². The van der Waals surface area contributed by atoms with Crippen LogP contribution in [0, 0.1) is 0 Å². The molecule has 0 unspecified atom stereocenters. The van der Waals surface area contributed by atoms with E-state index in [1.54, 1.807) is 60.7 Å². The minimum atomic E-state index is -4.01. The van der Waals surface area contributed by atoms with E-state index in [1.807, 2.05) is 13.0 Å². The van der Waals surface area contributed by atoms with Crippen molar-refractivity contribution in [1.29, 1.82) is 0 Å². The van der Waals surface area contributed by atoms with Crippen LogP contribution < -0.4 is 14.4 Å². The summed E-state index contributed by atoms with van der Waals surface area (Å²) < 4.78 is 34.2. The number of hydrogen-bond donors (Lipinski definition) is 1. The number of carbonyl (C=O) groups excluding carboxylic acids is 1. The smallest absolute Gasteiger partial charge is 0.264 e. The highest BCUT2D eigenvalue weighted by atomic mass is 79.9. The number of anilines is 2. The molecule has 0 atom stereocenters. The number of hydrogen-bond acceptors (Lipinski definition) is 4. The molecule has 1 amide bonds. The molecule has 6 nitrogen and oxygen atoms in total. The lowest BCUT2D eigenvalue weighted by Gasteiger charge is -2.26. The highest BCUT2D eigenvalue weighted by Gasteiger charge is 2.29. The van der Waals surface area contributed by atoms with Crippen molar-refractivity contribution in [1.82, 2.24) is 0 Å². The Morgan fingerprint density at radius 1 is 0.967 bits per heavy atom. The van der Waals surface area contributed by atoms with E-state index in [-0.39, 0.29) is 4.90 Å². The molecule has 0 saturated heterocycles. The van der Waals surface area contributed by atoms with Gasteiger partial charge in [0, 0.05) is 4.47 Å². The lowest BCUT2D eigenvalue weighted by molar-refractivity contribution is -0.114. The van der Waals surface area contributed by atoms with E-state index in [1.165, 1.54) is 12.1 Å². The molecule has 0 radical (unpaired) electrons. The molecular formula is C22H21BrN2O4S. The van der Waals surface area contributed by atoms with Crippen molar-refractivity contribution in [3.05, 3.63) is 83.3 Å². The molecule has 156 valence electrons. The van der Waals surface area contributed by atoms with Gasteiger partial charge in [0.25, 0.3) is 10.0 Å². The average molecular weight is 489 g/mol. The van der Waals surface area contributed by atoms with E-state index in [0.29, 0.717) is 28.2 Å². The molecule has 3 aromatic carbocycles. The molecule has 0 spiro atoms. The second-order valence-electron chi connectivity index (χ2n) is 6.25. The van der Waals surface area contributed by atoms with Crippen LogP contribution in [0.1, 0.15) is 6.92 Å². The Kier molecular flexibility index (Phi) is 7.12. The Morgan fingerprint density at radius 3 is 2.30 bits per heavy atom. The molecule has 3 rings (SSSR count). The first kappa shape index (κ1) is 21.9. The number of sulfonamides is 1. The molecule has 30 heavy (non-hydrogen) atoms. The fraction of sp³-hybridized carbons (Fsp3) is 0.136. The Labute approximate surface area is 184 Å². The van der Waals surface area contributed by atoms with Crippen LogP contribution in [0.4, 0.5) is 11.4 Å². The molecule has 0 aliphatic carbocycles. The number of para-hydroxylation sites is 3. The van der Waals surface area contributed by atoms with E-state index in [2.05, 4.69) is 21.2 Å². The van der Waals surface area contributed by atoms with E-state index >= 15 is 0 Å². The van der Waals surface area contributed by atoms with Gasteiger partial charge in [0.15, 0.2) is 0 Å². The van der Waals surface area contributed by atoms with Crippen molar-refractivity contribution in [3.8, 4) is 5.75 Å². The summed E-state index contributed by atoms with van der Waals surface area (Å²) in [4.78, 5) is 12.9. The molecule has 0 saturated carbocycles. The topological polar surface area (TPSA) is 75.7 Å². The van der Waals surface area contributed by atoms with E-state index in [4.69, 9.17) is 4.74 Å². The number of halogens is 1. The monoisotopic (exact) mass is 488 g/mol. The summed E-state index contributed by atoms with van der Waals surface area (Å²) in [7, 11) is -4.01. The number of nitrogens with one attached hydrogen (secondary N) is 1. The van der Waals surface area contributed by atoms with Gasteiger partial charge in [-0.2, -0.15) is 0 Å². The lowest BCUT2D eigenvalue weighted by Crippen LogP contribution is -2.38. The van der Waals surface area contributed by atoms with Crippen LogP contribution in [-0.4, -0.2) is 27.5 Å². The van der Waals surface area contributed by atoms with Crippen LogP contribution in [0.5, 0.6) is 5.75 Å². The van der Waals surface area contributed by atoms with E-state index < -0.39 is 22.5 Å². The number of carbonyl (C=O) groups is 1. The zero-order valence-electron chi connectivity index (χ0n) is 16.3. The van der Waals surface area contributed by atoms with Crippen molar-refractivity contribution >= 4 is 43.2 Å². The minimum absolute atomic E-state index is 0.0880. The summed E-state index contributed by atoms with van der Waals surface area (Å²) in [5, 5.41) is 2.75. The molecule has 0 aliphatic rings. The molecule has 0 aromatic heterocycles. The predicted molar refractivity (Wildman–Crippen MR) is 121 cm³/mol. The summed E-state index contributed by atoms with van der Waals surface area (Å²) in [6.45, 7) is 1.76. The highest BCUT2D eigenvalue weighted by molar-refractivity contribution is 9.10. The standard InChI is InChI=1S/C22H21BrN2O4S/c1-2-29-21-15-9-8-14-20(21)25(30(27,28)17-10-4-3-5-11-17)16-22(26)24-19-13-7-6-12-18(19)23/h3-15H,2,16H2,1H3,(H,24,26). The third kappa shape index (κ3) is 5.01. The number of rotatable bonds is 8. The number of benzene rings is 3. The molecule has 3 aromatic rings. The maximum Gasteiger partial charge on any atom is 0.264 e. The third-order valence-corrected chi connectivity index (χ3v) is 6.67. The zero-order chi connectivity index (χ0) is 21.6. The first-order valence-electron chi connectivity index (χ1n) is 9.27. The van der Waals surface area contributed by atoms with Crippen LogP contribution in [0.15, 0.2) is 88.2 Å². The van der Waals surface area contributed by atoms with Crippen LogP contribution in [-0.2, 0) is 14.8 Å². The molecule has 1 N–H and O–H groups in total. The first-order valence-corrected chi connectivity index (χ1v) is 11.5. The Balaban J connectivity index is 2.00. The third-order valence-electron chi connectivity index (χ3n) is 4.20. The summed E-state index contributed by atoms with van der Waals surface area (Å²) in [6.07, 6.45) is 0. The van der Waals surface area contributed by atoms with Crippen LogP contribution in [0.2, 0.25) is 0 Å². The highest BCUT2D eigenvalue weighted by Crippen LogP contribution is 2.32. The van der Waals surface area contributed by atoms with Gasteiger partial charge in [-0.25, -0.2) is 8.42 Å². The Hall–Kier alpha value is -2.84. The van der Waals surface area contributed by atoms with Gasteiger partial charge in [0.2, 0.25) is 5.91 Å². The van der Waals surface area contributed by atoms with Crippen molar-refractivity contribution in [2.75, 3.05) is 22.8 Å². The summed E-state index contributed by atoms with van der Waals surface area (Å²) in [5.41, 5.74) is 0.850. The van der Waals surface area contributed by atoms with Gasteiger partial charge < -0.3 is 10.1 Å². The first-order chi connectivity index (χ1) is 14.4. The number of nitrogens with zero attached hydrogens (tertiary/aromatic N) is 1. The quantitative estimate of drug-likeness (QED) is 0.499. The summed E-state index contributed by atoms with van der Waals surface area (Å²) in [6, 6.07) is 21.9. The number of amides is 1. The lowest BCUT2D eigenvalue weighted by atomic mass is 10.3. The van der Waals surface area contributed by atoms with Crippen molar-refractivity contribution < 1.29 is 17.9 Å². The minimum Gasteiger partial charge on any atom is -0.492 e. The Bertz CT molecular complexity index is 1120. The van der Waals surface area contributed by atoms with Crippen molar-refractivity contribution in [2.45, 2.75) is 11.8 Å². The van der Waals surface area contributed by atoms with E-state index in [0.717, 1.165) is 4.31 Å². The van der Waals surface area contributed by atoms with Gasteiger partial charge in [-0.1, -0.05) is 42.5 Å². The Morgan fingerprint density at radius 2 is 1.60 bits per heavy atom. The van der Waals surface area contributed by atoms with E-state index in [9.17, 15) is 13.2 Å². The average Bonchev–Trinajstić information content (AvgIpc) is 2.75. The fourth-order valence-corrected chi connectivity index (χ4v) is 4.68. The maximum atomic E-state index is 13.4. The molecular weight excluding hydrogens is 468 g/mol. The van der Waals surface area contributed by atoms with Gasteiger partial charge in [-0.15, -0.1) is 0 Å². The SMILES string of the molecule is CCOc1ccccc1N(CC(=O)Nc1ccccc1Br)S(=O)(=O)c1ccccc1. The van der Waals surface area contributed by atoms with Gasteiger partial charge in [-0.05, 0) is 59.3 Å².